The molecule has 1 aliphatic carbocycles. The van der Waals surface area contributed by atoms with Crippen LogP contribution in [-0.2, 0) is 9.59 Å². The molecular formula is C21H36N2O3. The Hall–Kier alpha value is -1.49. The first-order valence-corrected chi connectivity index (χ1v) is 9.74. The van der Waals surface area contributed by atoms with Gasteiger partial charge in [-0.25, -0.2) is 0 Å². The number of nitrogens with one attached hydrogen (secondary N) is 1. The third-order valence-electron chi connectivity index (χ3n) is 4.79. The highest BCUT2D eigenvalue weighted by Gasteiger charge is 2.35. The summed E-state index contributed by atoms with van der Waals surface area (Å²) < 4.78 is 0. The molecule has 5 nitrogen and oxygen atoms in total. The predicted molar refractivity (Wildman–Crippen MR) is 107 cm³/mol. The maximum absolute atomic E-state index is 12.6. The van der Waals surface area contributed by atoms with E-state index in [1.807, 2.05) is 13.8 Å². The Bertz CT molecular complexity index is 574. The van der Waals surface area contributed by atoms with Crippen molar-refractivity contribution in [2.75, 3.05) is 13.6 Å². The number of likely N-dealkylation sites (N-methyl/N-ethyl adjacent to an activating group) is 1. The fourth-order valence-electron chi connectivity index (χ4n) is 3.47. The van der Waals surface area contributed by atoms with Crippen molar-refractivity contribution in [3.63, 3.8) is 0 Å². The molecule has 5 heteroatoms. The molecule has 1 unspecified atom stereocenters. The van der Waals surface area contributed by atoms with Crippen molar-refractivity contribution in [3.05, 3.63) is 11.3 Å². The van der Waals surface area contributed by atoms with Crippen molar-refractivity contribution in [2.24, 2.45) is 16.3 Å². The molecule has 26 heavy (non-hydrogen) atoms. The Morgan fingerprint density at radius 1 is 1.27 bits per heavy atom. The van der Waals surface area contributed by atoms with E-state index in [-0.39, 0.29) is 28.8 Å². The van der Waals surface area contributed by atoms with E-state index in [0.717, 1.165) is 25.0 Å². The quantitative estimate of drug-likeness (QED) is 0.453. The molecule has 0 aliphatic heterocycles. The third-order valence-corrected chi connectivity index (χ3v) is 4.79. The zero-order valence-electron chi connectivity index (χ0n) is 17.3. The van der Waals surface area contributed by atoms with Gasteiger partial charge in [0.15, 0.2) is 5.78 Å². The molecule has 0 aromatic heterocycles. The number of ketones is 2. The average molecular weight is 365 g/mol. The number of unbranched alkanes of at least 4 members (excludes halogenated alkanes) is 1. The fraction of sp³-hybridized carbons (Fsp3) is 0.762. The van der Waals surface area contributed by atoms with E-state index in [1.165, 1.54) is 0 Å². The largest absolute Gasteiger partial charge is 0.511 e. The lowest BCUT2D eigenvalue weighted by Gasteiger charge is -2.30. The zero-order valence-corrected chi connectivity index (χ0v) is 17.3. The standard InChI is InChI=1S/C21H36N2O3/c1-14(2)11-17(20-18(25)12-21(4,5)13-19(20)26)23-10-8-7-9-16(22-6)15(3)24/h14,16,22,25H,7-13H2,1-6H3. The molecule has 2 N–H and O–H groups in total. The molecule has 0 saturated heterocycles. The summed E-state index contributed by atoms with van der Waals surface area (Å²) in [5.41, 5.74) is 1.01. The van der Waals surface area contributed by atoms with E-state index < -0.39 is 0 Å². The molecule has 0 aromatic rings. The minimum Gasteiger partial charge on any atom is -0.511 e. The van der Waals surface area contributed by atoms with Crippen molar-refractivity contribution >= 4 is 17.3 Å². The fourth-order valence-corrected chi connectivity index (χ4v) is 3.47. The van der Waals surface area contributed by atoms with Crippen LogP contribution in [0.15, 0.2) is 16.3 Å². The number of allylic oxidation sites excluding steroid dienone is 2. The van der Waals surface area contributed by atoms with Crippen molar-refractivity contribution in [1.82, 2.24) is 5.32 Å². The van der Waals surface area contributed by atoms with Crippen LogP contribution >= 0.6 is 0 Å². The first kappa shape index (κ1) is 22.6. The maximum Gasteiger partial charge on any atom is 0.168 e. The zero-order chi connectivity index (χ0) is 19.9. The van der Waals surface area contributed by atoms with Crippen molar-refractivity contribution in [2.45, 2.75) is 79.2 Å². The van der Waals surface area contributed by atoms with Gasteiger partial charge in [0.05, 0.1) is 11.6 Å². The number of rotatable bonds is 10. The van der Waals surface area contributed by atoms with Crippen LogP contribution in [0.3, 0.4) is 0 Å². The number of aliphatic hydroxyl groups excluding tert-OH is 1. The summed E-state index contributed by atoms with van der Waals surface area (Å²) in [4.78, 5) is 28.7. The molecule has 1 rings (SSSR count). The Morgan fingerprint density at radius 3 is 2.42 bits per heavy atom. The summed E-state index contributed by atoms with van der Waals surface area (Å²) in [6, 6.07) is -0.0944. The second-order valence-electron chi connectivity index (χ2n) is 8.64. The van der Waals surface area contributed by atoms with Gasteiger partial charge in [-0.05, 0) is 51.0 Å². The smallest absolute Gasteiger partial charge is 0.168 e. The summed E-state index contributed by atoms with van der Waals surface area (Å²) in [7, 11) is 1.80. The van der Waals surface area contributed by atoms with Gasteiger partial charge in [0.1, 0.15) is 11.5 Å². The van der Waals surface area contributed by atoms with E-state index in [4.69, 9.17) is 0 Å². The highest BCUT2D eigenvalue weighted by Crippen LogP contribution is 2.36. The van der Waals surface area contributed by atoms with Gasteiger partial charge >= 0.3 is 0 Å². The van der Waals surface area contributed by atoms with Gasteiger partial charge in [-0.3, -0.25) is 14.6 Å². The van der Waals surface area contributed by atoms with Gasteiger partial charge in [-0.1, -0.05) is 27.7 Å². The van der Waals surface area contributed by atoms with Crippen LogP contribution < -0.4 is 5.32 Å². The van der Waals surface area contributed by atoms with Crippen LogP contribution in [0.5, 0.6) is 0 Å². The molecule has 0 spiro atoms. The van der Waals surface area contributed by atoms with Crippen LogP contribution in [0.4, 0.5) is 0 Å². The molecular weight excluding hydrogens is 328 g/mol. The normalized spacial score (nSPS) is 19.2. The van der Waals surface area contributed by atoms with Crippen molar-refractivity contribution < 1.29 is 14.7 Å². The van der Waals surface area contributed by atoms with Gasteiger partial charge in [-0.15, -0.1) is 0 Å². The Labute approximate surface area is 158 Å². The molecule has 0 bridgehead atoms. The molecule has 0 radical (unpaired) electrons. The van der Waals surface area contributed by atoms with Crippen LogP contribution in [-0.4, -0.2) is 42.0 Å². The lowest BCUT2D eigenvalue weighted by molar-refractivity contribution is -0.119. The Balaban J connectivity index is 2.79. The van der Waals surface area contributed by atoms with Gasteiger partial charge in [0, 0.05) is 25.1 Å². The van der Waals surface area contributed by atoms with Crippen LogP contribution in [0.25, 0.3) is 0 Å². The van der Waals surface area contributed by atoms with E-state index in [1.54, 1.807) is 14.0 Å². The Kier molecular flexibility index (Phi) is 8.68. The van der Waals surface area contributed by atoms with Gasteiger partial charge in [0.2, 0.25) is 0 Å². The molecule has 0 heterocycles. The number of Topliss-reactive ketones (excluding diaryl/α,β-unsaturated/α-hetero) is 2. The summed E-state index contributed by atoms with van der Waals surface area (Å²) in [6.07, 6.45) is 4.22. The number of hydrogen-bond acceptors (Lipinski definition) is 5. The molecule has 1 aliphatic rings. The Morgan fingerprint density at radius 2 is 1.92 bits per heavy atom. The van der Waals surface area contributed by atoms with E-state index in [2.05, 4.69) is 24.2 Å². The predicted octanol–water partition coefficient (Wildman–Crippen LogP) is 4.02. The minimum atomic E-state index is -0.192. The topological polar surface area (TPSA) is 78.8 Å². The lowest BCUT2D eigenvalue weighted by atomic mass is 9.75. The van der Waals surface area contributed by atoms with Gasteiger partial charge in [-0.2, -0.15) is 0 Å². The minimum absolute atomic E-state index is 0.00461. The second-order valence-corrected chi connectivity index (χ2v) is 8.64. The van der Waals surface area contributed by atoms with Gasteiger partial charge < -0.3 is 10.4 Å². The molecule has 0 saturated carbocycles. The number of carbonyl (C=O) groups is 2. The monoisotopic (exact) mass is 364 g/mol. The SMILES string of the molecule is CNC(CCCCN=C(CC(C)C)C1=C(O)CC(C)(C)CC1=O)C(C)=O. The summed E-state index contributed by atoms with van der Waals surface area (Å²) >= 11 is 0. The summed E-state index contributed by atoms with van der Waals surface area (Å²) in [6.45, 7) is 10.4. The first-order valence-electron chi connectivity index (χ1n) is 9.74. The van der Waals surface area contributed by atoms with Crippen molar-refractivity contribution in [1.29, 1.82) is 0 Å². The highest BCUT2D eigenvalue weighted by atomic mass is 16.3. The summed E-state index contributed by atoms with van der Waals surface area (Å²) in [5, 5.41) is 13.5. The first-order chi connectivity index (χ1) is 12.1. The van der Waals surface area contributed by atoms with E-state index in [0.29, 0.717) is 37.3 Å². The third kappa shape index (κ3) is 7.02. The van der Waals surface area contributed by atoms with E-state index >= 15 is 0 Å². The number of aliphatic hydroxyl groups is 1. The molecule has 0 aromatic carbocycles. The molecule has 0 fully saturated rings. The average Bonchev–Trinajstić information content (AvgIpc) is 2.47. The van der Waals surface area contributed by atoms with E-state index in [9.17, 15) is 14.7 Å². The lowest BCUT2D eigenvalue weighted by Crippen LogP contribution is -2.32. The molecule has 1 atom stereocenters. The second kappa shape index (κ2) is 10.0. The summed E-state index contributed by atoms with van der Waals surface area (Å²) in [5.74, 6) is 0.715. The van der Waals surface area contributed by atoms with Crippen LogP contribution in [0.1, 0.15) is 73.1 Å². The number of aliphatic imine (C=N–C) groups is 1. The molecule has 148 valence electrons. The van der Waals surface area contributed by atoms with Crippen LogP contribution in [0.2, 0.25) is 0 Å². The number of nitrogens with zero attached hydrogens (tertiary/aromatic N) is 1. The molecule has 0 amide bonds. The van der Waals surface area contributed by atoms with Gasteiger partial charge in [0.25, 0.3) is 0 Å². The van der Waals surface area contributed by atoms with Crippen LogP contribution in [0, 0.1) is 11.3 Å². The number of carbonyl (C=O) groups excluding carboxylic acids is 2. The highest BCUT2D eigenvalue weighted by molar-refractivity contribution is 6.23. The number of hydrogen-bond donors (Lipinski definition) is 2. The van der Waals surface area contributed by atoms with Crippen molar-refractivity contribution in [3.8, 4) is 0 Å². The maximum atomic E-state index is 12.6.